The Morgan fingerprint density at radius 3 is 2.50 bits per heavy atom. The van der Waals surface area contributed by atoms with Gasteiger partial charge < -0.3 is 15.1 Å². The van der Waals surface area contributed by atoms with Crippen molar-refractivity contribution in [1.29, 1.82) is 0 Å². The summed E-state index contributed by atoms with van der Waals surface area (Å²) >= 11 is 1.85. The number of hydrogen-bond donors (Lipinski definition) is 1. The summed E-state index contributed by atoms with van der Waals surface area (Å²) in [4.78, 5) is 10.9. The van der Waals surface area contributed by atoms with Gasteiger partial charge in [-0.05, 0) is 47.5 Å². The molecule has 1 N–H and O–H groups in total. The molecule has 0 bridgehead atoms. The highest BCUT2D eigenvalue weighted by Crippen LogP contribution is 2.27. The highest BCUT2D eigenvalue weighted by Gasteiger charge is 2.14. The summed E-state index contributed by atoms with van der Waals surface area (Å²) in [6.07, 6.45) is 3.43. The van der Waals surface area contributed by atoms with E-state index in [0.717, 1.165) is 39.0 Å². The topological polar surface area (TPSA) is 31.4 Å². The predicted molar refractivity (Wildman–Crippen MR) is 89.9 cm³/mol. The van der Waals surface area contributed by atoms with Crippen LogP contribution in [0.4, 0.5) is 5.13 Å². The lowest BCUT2D eigenvalue weighted by atomic mass is 10.2. The lowest BCUT2D eigenvalue weighted by Crippen LogP contribution is -2.26. The van der Waals surface area contributed by atoms with Gasteiger partial charge in [-0.3, -0.25) is 0 Å². The number of hydrogen-bond acceptors (Lipinski definition) is 5. The highest BCUT2D eigenvalue weighted by molar-refractivity contribution is 7.15. The van der Waals surface area contributed by atoms with Gasteiger partial charge in [0.25, 0.3) is 0 Å². The molecule has 0 aromatic carbocycles. The van der Waals surface area contributed by atoms with Gasteiger partial charge in [0.2, 0.25) is 0 Å². The first-order valence-corrected chi connectivity index (χ1v) is 8.46. The number of anilines is 1. The van der Waals surface area contributed by atoms with Gasteiger partial charge in [-0.15, -0.1) is 11.3 Å². The van der Waals surface area contributed by atoms with Crippen LogP contribution < -0.4 is 10.2 Å². The first-order valence-electron chi connectivity index (χ1n) is 7.65. The van der Waals surface area contributed by atoms with E-state index in [1.165, 1.54) is 22.1 Å². The molecule has 0 aliphatic carbocycles. The number of nitrogens with zero attached hydrogens (tertiary/aromatic N) is 3. The van der Waals surface area contributed by atoms with Crippen LogP contribution in [-0.2, 0) is 13.0 Å². The minimum absolute atomic E-state index is 0.933. The van der Waals surface area contributed by atoms with Crippen molar-refractivity contribution in [1.82, 2.24) is 15.2 Å². The molecular weight excluding hydrogens is 268 g/mol. The summed E-state index contributed by atoms with van der Waals surface area (Å²) in [5.74, 6) is 0. The van der Waals surface area contributed by atoms with Crippen LogP contribution in [-0.4, -0.2) is 50.7 Å². The predicted octanol–water partition coefficient (Wildman–Crippen LogP) is 2.59. The smallest absolute Gasteiger partial charge is 0.185 e. The van der Waals surface area contributed by atoms with Crippen LogP contribution in [0.2, 0.25) is 0 Å². The van der Waals surface area contributed by atoms with Crippen LogP contribution >= 0.6 is 11.3 Å². The van der Waals surface area contributed by atoms with Crippen molar-refractivity contribution in [2.24, 2.45) is 0 Å². The van der Waals surface area contributed by atoms with E-state index in [1.807, 2.05) is 18.4 Å². The van der Waals surface area contributed by atoms with Crippen LogP contribution in [0.1, 0.15) is 37.3 Å². The quantitative estimate of drug-likeness (QED) is 0.719. The fourth-order valence-corrected chi connectivity index (χ4v) is 3.41. The number of aryl methyl sites for hydroxylation is 1. The normalized spacial score (nSPS) is 11.3. The van der Waals surface area contributed by atoms with Crippen molar-refractivity contribution in [3.63, 3.8) is 0 Å². The summed E-state index contributed by atoms with van der Waals surface area (Å²) in [6.45, 7) is 8.62. The lowest BCUT2D eigenvalue weighted by molar-refractivity contribution is 0.400. The average Bonchev–Trinajstić information content (AvgIpc) is 2.78. The maximum Gasteiger partial charge on any atom is 0.185 e. The molecule has 1 heterocycles. The van der Waals surface area contributed by atoms with E-state index in [-0.39, 0.29) is 0 Å². The molecule has 4 nitrogen and oxygen atoms in total. The molecule has 0 saturated heterocycles. The molecule has 1 rings (SSSR count). The second-order valence-electron chi connectivity index (χ2n) is 5.38. The summed E-state index contributed by atoms with van der Waals surface area (Å²) < 4.78 is 0. The standard InChI is InChI=1S/C15H30N4S/c1-6-9-13-14(12-16-3)20-15(17-13)19(7-2)11-8-10-18(4)5/h16H,6-12H2,1-5H3. The second-order valence-corrected chi connectivity index (χ2v) is 6.45. The Morgan fingerprint density at radius 1 is 1.20 bits per heavy atom. The number of nitrogens with one attached hydrogen (secondary N) is 1. The first kappa shape index (κ1) is 17.4. The minimum Gasteiger partial charge on any atom is -0.348 e. The van der Waals surface area contributed by atoms with Crippen molar-refractivity contribution in [3.05, 3.63) is 10.6 Å². The highest BCUT2D eigenvalue weighted by atomic mass is 32.1. The van der Waals surface area contributed by atoms with Gasteiger partial charge >= 0.3 is 0 Å². The molecule has 0 unspecified atom stereocenters. The van der Waals surface area contributed by atoms with Gasteiger partial charge in [0, 0.05) is 24.5 Å². The molecule has 0 atom stereocenters. The van der Waals surface area contributed by atoms with Crippen molar-refractivity contribution in [3.8, 4) is 0 Å². The van der Waals surface area contributed by atoms with Crippen LogP contribution in [0, 0.1) is 0 Å². The van der Waals surface area contributed by atoms with Gasteiger partial charge in [0.05, 0.1) is 5.69 Å². The lowest BCUT2D eigenvalue weighted by Gasteiger charge is -2.20. The number of aromatic nitrogens is 1. The monoisotopic (exact) mass is 298 g/mol. The van der Waals surface area contributed by atoms with Crippen LogP contribution in [0.25, 0.3) is 0 Å². The molecule has 0 aliphatic heterocycles. The molecule has 0 fully saturated rings. The first-order chi connectivity index (χ1) is 9.62. The molecule has 0 aliphatic rings. The van der Waals surface area contributed by atoms with E-state index >= 15 is 0 Å². The van der Waals surface area contributed by atoms with Gasteiger partial charge in [-0.25, -0.2) is 4.98 Å². The maximum atomic E-state index is 4.88. The van der Waals surface area contributed by atoms with E-state index in [9.17, 15) is 0 Å². The van der Waals surface area contributed by atoms with E-state index in [2.05, 4.69) is 43.1 Å². The van der Waals surface area contributed by atoms with Gasteiger partial charge in [0.1, 0.15) is 0 Å². The third-order valence-corrected chi connectivity index (χ3v) is 4.44. The Labute approximate surface area is 128 Å². The van der Waals surface area contributed by atoms with Crippen LogP contribution in [0.5, 0.6) is 0 Å². The maximum absolute atomic E-state index is 4.88. The molecule has 1 aromatic heterocycles. The Hall–Kier alpha value is -0.650. The third kappa shape index (κ3) is 5.38. The minimum atomic E-state index is 0.933. The van der Waals surface area contributed by atoms with Crippen molar-refractivity contribution < 1.29 is 0 Å². The van der Waals surface area contributed by atoms with Gasteiger partial charge in [-0.2, -0.15) is 0 Å². The Bertz CT molecular complexity index is 352. The Balaban J connectivity index is 2.72. The zero-order valence-corrected chi connectivity index (χ0v) is 14.5. The summed E-state index contributed by atoms with van der Waals surface area (Å²) in [6, 6.07) is 0. The van der Waals surface area contributed by atoms with E-state index in [0.29, 0.717) is 0 Å². The van der Waals surface area contributed by atoms with Crippen molar-refractivity contribution >= 4 is 16.5 Å². The van der Waals surface area contributed by atoms with Crippen molar-refractivity contribution in [2.75, 3.05) is 45.7 Å². The molecular formula is C15H30N4S. The van der Waals surface area contributed by atoms with Gasteiger partial charge in [-0.1, -0.05) is 13.3 Å². The Morgan fingerprint density at radius 2 is 1.95 bits per heavy atom. The summed E-state index contributed by atoms with van der Waals surface area (Å²) in [7, 11) is 6.26. The summed E-state index contributed by atoms with van der Waals surface area (Å²) in [5, 5.41) is 4.45. The number of thiazole rings is 1. The largest absolute Gasteiger partial charge is 0.348 e. The van der Waals surface area contributed by atoms with E-state index in [4.69, 9.17) is 4.98 Å². The summed E-state index contributed by atoms with van der Waals surface area (Å²) in [5.41, 5.74) is 1.29. The molecule has 0 radical (unpaired) electrons. The van der Waals surface area contributed by atoms with Crippen LogP contribution in [0.3, 0.4) is 0 Å². The van der Waals surface area contributed by atoms with E-state index in [1.54, 1.807) is 0 Å². The molecule has 116 valence electrons. The molecule has 5 heteroatoms. The SMILES string of the molecule is CCCc1nc(N(CC)CCCN(C)C)sc1CNC. The molecule has 20 heavy (non-hydrogen) atoms. The number of rotatable bonds is 10. The third-order valence-electron chi connectivity index (χ3n) is 3.28. The fourth-order valence-electron chi connectivity index (χ4n) is 2.20. The van der Waals surface area contributed by atoms with Crippen molar-refractivity contribution in [2.45, 2.75) is 39.7 Å². The fraction of sp³-hybridized carbons (Fsp3) is 0.800. The zero-order chi connectivity index (χ0) is 15.0. The molecule has 0 saturated carbocycles. The average molecular weight is 298 g/mol. The Kier molecular flexibility index (Phi) is 8.11. The second kappa shape index (κ2) is 9.32. The van der Waals surface area contributed by atoms with Crippen LogP contribution in [0.15, 0.2) is 0 Å². The molecule has 0 spiro atoms. The molecule has 1 aromatic rings. The van der Waals surface area contributed by atoms with E-state index < -0.39 is 0 Å². The zero-order valence-electron chi connectivity index (χ0n) is 13.7. The van der Waals surface area contributed by atoms with Gasteiger partial charge in [0.15, 0.2) is 5.13 Å². The molecule has 0 amide bonds.